The summed E-state index contributed by atoms with van der Waals surface area (Å²) in [5.74, 6) is 0.430. The molecular formula is C11H21F3N2O3. The average Bonchev–Trinajstić information content (AvgIpc) is 2.26. The Morgan fingerprint density at radius 3 is 2.11 bits per heavy atom. The van der Waals surface area contributed by atoms with E-state index in [0.29, 0.717) is 25.7 Å². The number of halogens is 3. The maximum atomic E-state index is 11.7. The molecule has 114 valence electrons. The van der Waals surface area contributed by atoms with E-state index in [9.17, 15) is 18.0 Å². The van der Waals surface area contributed by atoms with Crippen LogP contribution in [0.25, 0.3) is 0 Å². The average molecular weight is 286 g/mol. The minimum absolute atomic E-state index is 0.0226. The first kappa shape index (κ1) is 18.0. The van der Waals surface area contributed by atoms with Gasteiger partial charge in [-0.15, -0.1) is 0 Å². The Labute approximate surface area is 110 Å². The zero-order chi connectivity index (χ0) is 14.7. The van der Waals surface area contributed by atoms with Gasteiger partial charge in [0.2, 0.25) is 0 Å². The highest BCUT2D eigenvalue weighted by molar-refractivity contribution is 5.73. The summed E-state index contributed by atoms with van der Waals surface area (Å²) < 4.78 is 44.7. The lowest BCUT2D eigenvalue weighted by Crippen LogP contribution is -2.39. The highest BCUT2D eigenvalue weighted by Crippen LogP contribution is 2.13. The van der Waals surface area contributed by atoms with E-state index in [-0.39, 0.29) is 13.2 Å². The Hall–Kier alpha value is -1.02. The van der Waals surface area contributed by atoms with Crippen molar-refractivity contribution in [3.8, 4) is 0 Å². The van der Waals surface area contributed by atoms with Crippen molar-refractivity contribution in [2.45, 2.75) is 20.0 Å². The summed E-state index contributed by atoms with van der Waals surface area (Å²) in [4.78, 5) is 11.1. The first-order valence-corrected chi connectivity index (χ1v) is 6.05. The smallest absolute Gasteiger partial charge is 0.379 e. The molecule has 0 saturated carbocycles. The number of urea groups is 1. The number of carbonyl (C=O) groups is 1. The number of hydrogen-bond acceptors (Lipinski definition) is 3. The second-order valence-electron chi connectivity index (χ2n) is 4.32. The third-order valence-electron chi connectivity index (χ3n) is 1.78. The normalized spacial score (nSPS) is 11.7. The maximum absolute atomic E-state index is 11.7. The molecule has 0 aliphatic carbocycles. The summed E-state index contributed by atoms with van der Waals surface area (Å²) in [6, 6.07) is -0.455. The fourth-order valence-electron chi connectivity index (χ4n) is 1.04. The lowest BCUT2D eigenvalue weighted by molar-refractivity contribution is -0.173. The molecule has 0 aromatic heterocycles. The fraction of sp³-hybridized carbons (Fsp3) is 0.909. The van der Waals surface area contributed by atoms with Crippen molar-refractivity contribution in [3.63, 3.8) is 0 Å². The second kappa shape index (κ2) is 9.85. The first-order valence-electron chi connectivity index (χ1n) is 6.05. The molecule has 0 aromatic rings. The molecule has 0 fully saturated rings. The van der Waals surface area contributed by atoms with Crippen LogP contribution >= 0.6 is 0 Å². The third kappa shape index (κ3) is 14.9. The minimum Gasteiger partial charge on any atom is -0.379 e. The van der Waals surface area contributed by atoms with Gasteiger partial charge in [0, 0.05) is 19.7 Å². The lowest BCUT2D eigenvalue weighted by Gasteiger charge is -2.10. The number of ether oxygens (including phenoxy) is 2. The largest absolute Gasteiger partial charge is 0.411 e. The summed E-state index contributed by atoms with van der Waals surface area (Å²) in [7, 11) is 0. The Kier molecular flexibility index (Phi) is 9.32. The van der Waals surface area contributed by atoms with Crippen LogP contribution in [0.5, 0.6) is 0 Å². The van der Waals surface area contributed by atoms with Crippen LogP contribution in [0.2, 0.25) is 0 Å². The SMILES string of the molecule is CC(C)COCCNC(=O)NCCOCC(F)(F)F. The van der Waals surface area contributed by atoms with Gasteiger partial charge in [0.05, 0.1) is 13.2 Å². The number of hydrogen-bond donors (Lipinski definition) is 2. The molecule has 0 aliphatic rings. The fourth-order valence-corrected chi connectivity index (χ4v) is 1.04. The van der Waals surface area contributed by atoms with Crippen LogP contribution < -0.4 is 10.6 Å². The molecule has 0 unspecified atom stereocenters. The van der Waals surface area contributed by atoms with E-state index < -0.39 is 18.8 Å². The second-order valence-corrected chi connectivity index (χ2v) is 4.32. The van der Waals surface area contributed by atoms with E-state index in [2.05, 4.69) is 15.4 Å². The highest BCUT2D eigenvalue weighted by Gasteiger charge is 2.27. The quantitative estimate of drug-likeness (QED) is 0.632. The van der Waals surface area contributed by atoms with Crippen molar-refractivity contribution in [1.82, 2.24) is 10.6 Å². The predicted octanol–water partition coefficient (Wildman–Crippen LogP) is 1.54. The van der Waals surface area contributed by atoms with E-state index in [1.165, 1.54) is 0 Å². The monoisotopic (exact) mass is 286 g/mol. The third-order valence-corrected chi connectivity index (χ3v) is 1.78. The Balaban J connectivity index is 3.31. The zero-order valence-electron chi connectivity index (χ0n) is 11.2. The highest BCUT2D eigenvalue weighted by atomic mass is 19.4. The maximum Gasteiger partial charge on any atom is 0.411 e. The number of nitrogens with one attached hydrogen (secondary N) is 2. The molecule has 0 rings (SSSR count). The van der Waals surface area contributed by atoms with E-state index in [0.717, 1.165) is 0 Å². The first-order chi connectivity index (χ1) is 8.81. The molecule has 0 spiro atoms. The van der Waals surface area contributed by atoms with Crippen LogP contribution in [0.4, 0.5) is 18.0 Å². The molecule has 0 radical (unpaired) electrons. The van der Waals surface area contributed by atoms with E-state index >= 15 is 0 Å². The van der Waals surface area contributed by atoms with Gasteiger partial charge < -0.3 is 20.1 Å². The van der Waals surface area contributed by atoms with Gasteiger partial charge in [0.15, 0.2) is 0 Å². The van der Waals surface area contributed by atoms with Gasteiger partial charge in [-0.2, -0.15) is 13.2 Å². The van der Waals surface area contributed by atoms with E-state index in [1.54, 1.807) is 0 Å². The molecule has 0 saturated heterocycles. The zero-order valence-corrected chi connectivity index (χ0v) is 11.2. The Morgan fingerprint density at radius 1 is 1.11 bits per heavy atom. The summed E-state index contributed by atoms with van der Waals surface area (Å²) in [5.41, 5.74) is 0. The molecular weight excluding hydrogens is 265 g/mol. The number of carbonyl (C=O) groups excluding carboxylic acids is 1. The summed E-state index contributed by atoms with van der Waals surface area (Å²) in [6.07, 6.45) is -4.34. The molecule has 0 bridgehead atoms. The van der Waals surface area contributed by atoms with Crippen LogP contribution in [0.15, 0.2) is 0 Å². The van der Waals surface area contributed by atoms with Crippen molar-refractivity contribution in [1.29, 1.82) is 0 Å². The van der Waals surface area contributed by atoms with Crippen molar-refractivity contribution in [3.05, 3.63) is 0 Å². The number of amides is 2. The summed E-state index contributed by atoms with van der Waals surface area (Å²) in [6.45, 7) is 3.93. The van der Waals surface area contributed by atoms with Gasteiger partial charge in [0.25, 0.3) is 0 Å². The van der Waals surface area contributed by atoms with Crippen molar-refractivity contribution in [2.75, 3.05) is 39.5 Å². The molecule has 0 aliphatic heterocycles. The molecule has 19 heavy (non-hydrogen) atoms. The Morgan fingerprint density at radius 2 is 1.63 bits per heavy atom. The van der Waals surface area contributed by atoms with Gasteiger partial charge in [-0.05, 0) is 5.92 Å². The number of rotatable bonds is 9. The predicted molar refractivity (Wildman–Crippen MR) is 63.9 cm³/mol. The van der Waals surface area contributed by atoms with Gasteiger partial charge in [-0.3, -0.25) is 0 Å². The van der Waals surface area contributed by atoms with Crippen LogP contribution in [-0.2, 0) is 9.47 Å². The van der Waals surface area contributed by atoms with Crippen molar-refractivity contribution < 1.29 is 27.4 Å². The molecule has 2 amide bonds. The number of alkyl halides is 3. The molecule has 5 nitrogen and oxygen atoms in total. The van der Waals surface area contributed by atoms with Gasteiger partial charge >= 0.3 is 12.2 Å². The van der Waals surface area contributed by atoms with Gasteiger partial charge in [-0.25, -0.2) is 4.79 Å². The van der Waals surface area contributed by atoms with Crippen molar-refractivity contribution >= 4 is 6.03 Å². The molecule has 0 aromatic carbocycles. The van der Waals surface area contributed by atoms with Gasteiger partial charge in [0.1, 0.15) is 6.61 Å². The van der Waals surface area contributed by atoms with E-state index in [4.69, 9.17) is 4.74 Å². The molecule has 2 N–H and O–H groups in total. The minimum atomic E-state index is -4.34. The lowest BCUT2D eigenvalue weighted by atomic mass is 10.2. The van der Waals surface area contributed by atoms with Gasteiger partial charge in [-0.1, -0.05) is 13.8 Å². The Bertz CT molecular complexity index is 248. The van der Waals surface area contributed by atoms with Crippen LogP contribution in [0.1, 0.15) is 13.8 Å². The molecule has 0 atom stereocenters. The standard InChI is InChI=1S/C11H21F3N2O3/c1-9(2)7-18-5-3-15-10(17)16-4-6-19-8-11(12,13)14/h9H,3-8H2,1-2H3,(H2,15,16,17). The molecule has 0 heterocycles. The summed E-state index contributed by atoms with van der Waals surface area (Å²) in [5, 5.41) is 4.88. The summed E-state index contributed by atoms with van der Waals surface area (Å²) >= 11 is 0. The van der Waals surface area contributed by atoms with Crippen LogP contribution in [0, 0.1) is 5.92 Å². The van der Waals surface area contributed by atoms with Crippen LogP contribution in [0.3, 0.4) is 0 Å². The van der Waals surface area contributed by atoms with Crippen molar-refractivity contribution in [2.24, 2.45) is 5.92 Å². The topological polar surface area (TPSA) is 59.6 Å². The van der Waals surface area contributed by atoms with E-state index in [1.807, 2.05) is 13.8 Å². The van der Waals surface area contributed by atoms with Crippen LogP contribution in [-0.4, -0.2) is 51.7 Å². The molecule has 8 heteroatoms.